The number of nitrogens with one attached hydrogen (secondary N) is 1. The predicted molar refractivity (Wildman–Crippen MR) is 104 cm³/mol. The summed E-state index contributed by atoms with van der Waals surface area (Å²) in [7, 11) is 0. The van der Waals surface area contributed by atoms with Crippen LogP contribution in [0.25, 0.3) is 0 Å². The molecular weight excluding hydrogens is 342 g/mol. The molecule has 1 aromatic carbocycles. The Kier molecular flexibility index (Phi) is 6.35. The van der Waals surface area contributed by atoms with Gasteiger partial charge in [-0.25, -0.2) is 9.97 Å². The number of amides is 2. The fourth-order valence-corrected chi connectivity index (χ4v) is 3.07. The van der Waals surface area contributed by atoms with Crippen LogP contribution in [0.2, 0.25) is 0 Å². The Labute approximate surface area is 159 Å². The molecule has 7 heteroatoms. The average molecular weight is 367 g/mol. The molecule has 0 radical (unpaired) electrons. The number of benzene rings is 1. The first-order valence-electron chi connectivity index (χ1n) is 9.28. The van der Waals surface area contributed by atoms with Gasteiger partial charge in [0.1, 0.15) is 5.69 Å². The lowest BCUT2D eigenvalue weighted by molar-refractivity contribution is -0.118. The molecule has 3 rings (SSSR count). The van der Waals surface area contributed by atoms with E-state index in [0.29, 0.717) is 44.4 Å². The fourth-order valence-electron chi connectivity index (χ4n) is 3.07. The van der Waals surface area contributed by atoms with E-state index in [1.807, 2.05) is 30.0 Å². The molecule has 1 aliphatic rings. The van der Waals surface area contributed by atoms with Crippen LogP contribution in [0.4, 0.5) is 5.95 Å². The number of aryl methyl sites for hydroxylation is 2. The molecule has 0 saturated carbocycles. The zero-order valence-electron chi connectivity index (χ0n) is 15.6. The van der Waals surface area contributed by atoms with Crippen LogP contribution in [0.3, 0.4) is 0 Å². The van der Waals surface area contributed by atoms with Crippen LogP contribution in [0, 0.1) is 6.92 Å². The number of anilines is 1. The zero-order chi connectivity index (χ0) is 19.1. The van der Waals surface area contributed by atoms with Gasteiger partial charge in [0.05, 0.1) is 0 Å². The van der Waals surface area contributed by atoms with Crippen molar-refractivity contribution in [2.75, 3.05) is 37.6 Å². The Morgan fingerprint density at radius 2 is 1.89 bits per heavy atom. The van der Waals surface area contributed by atoms with Crippen molar-refractivity contribution in [1.82, 2.24) is 20.2 Å². The summed E-state index contributed by atoms with van der Waals surface area (Å²) in [6, 6.07) is 11.9. The van der Waals surface area contributed by atoms with E-state index in [4.69, 9.17) is 0 Å². The molecule has 1 saturated heterocycles. The predicted octanol–water partition coefficient (Wildman–Crippen LogP) is 1.43. The number of hydrogen-bond acceptors (Lipinski definition) is 5. The molecule has 7 nitrogen and oxygen atoms in total. The topological polar surface area (TPSA) is 78.4 Å². The summed E-state index contributed by atoms with van der Waals surface area (Å²) in [5.74, 6) is 0.372. The summed E-state index contributed by atoms with van der Waals surface area (Å²) >= 11 is 0. The van der Waals surface area contributed by atoms with E-state index in [1.165, 1.54) is 5.56 Å². The summed E-state index contributed by atoms with van der Waals surface area (Å²) in [5, 5.41) is 2.94. The van der Waals surface area contributed by atoms with Crippen LogP contribution in [0.5, 0.6) is 0 Å². The smallest absolute Gasteiger partial charge is 0.270 e. The van der Waals surface area contributed by atoms with Crippen molar-refractivity contribution in [3.8, 4) is 0 Å². The molecule has 0 bridgehead atoms. The number of piperazine rings is 1. The SMILES string of the molecule is Cc1cc(C(=O)NCCCc2ccccc2)nc(N2CCN(C=O)CC2)n1. The molecule has 0 unspecified atom stereocenters. The quantitative estimate of drug-likeness (QED) is 0.592. The largest absolute Gasteiger partial charge is 0.351 e. The highest BCUT2D eigenvalue weighted by Crippen LogP contribution is 2.13. The number of hydrogen-bond donors (Lipinski definition) is 1. The molecule has 1 aromatic heterocycles. The molecule has 1 aliphatic heterocycles. The minimum Gasteiger partial charge on any atom is -0.351 e. The van der Waals surface area contributed by atoms with Crippen LogP contribution in [0.1, 0.15) is 28.2 Å². The molecule has 2 heterocycles. The van der Waals surface area contributed by atoms with Gasteiger partial charge < -0.3 is 15.1 Å². The summed E-state index contributed by atoms with van der Waals surface area (Å²) in [6.45, 7) is 5.08. The van der Waals surface area contributed by atoms with Crippen molar-refractivity contribution in [1.29, 1.82) is 0 Å². The Balaban J connectivity index is 1.55. The maximum Gasteiger partial charge on any atom is 0.270 e. The molecule has 0 spiro atoms. The lowest BCUT2D eigenvalue weighted by atomic mass is 10.1. The minimum atomic E-state index is -0.179. The molecule has 142 valence electrons. The third-order valence-electron chi connectivity index (χ3n) is 4.59. The summed E-state index contributed by atoms with van der Waals surface area (Å²) in [4.78, 5) is 35.9. The second-order valence-corrected chi connectivity index (χ2v) is 6.67. The molecule has 1 fully saturated rings. The third kappa shape index (κ3) is 5.26. The fraction of sp³-hybridized carbons (Fsp3) is 0.400. The van der Waals surface area contributed by atoms with E-state index < -0.39 is 0 Å². The van der Waals surface area contributed by atoms with Gasteiger partial charge in [0.25, 0.3) is 5.91 Å². The zero-order valence-corrected chi connectivity index (χ0v) is 15.6. The van der Waals surface area contributed by atoms with E-state index in [0.717, 1.165) is 24.9 Å². The van der Waals surface area contributed by atoms with E-state index in [2.05, 4.69) is 27.4 Å². The number of nitrogens with zero attached hydrogens (tertiary/aromatic N) is 4. The summed E-state index contributed by atoms with van der Waals surface area (Å²) in [6.07, 6.45) is 2.67. The van der Waals surface area contributed by atoms with E-state index >= 15 is 0 Å². The molecule has 1 N–H and O–H groups in total. The van der Waals surface area contributed by atoms with Crippen molar-refractivity contribution in [2.45, 2.75) is 19.8 Å². The molecule has 0 atom stereocenters. The van der Waals surface area contributed by atoms with Crippen LogP contribution in [-0.2, 0) is 11.2 Å². The molecule has 2 aromatic rings. The first kappa shape index (κ1) is 18.8. The van der Waals surface area contributed by atoms with Gasteiger partial charge in [0, 0.05) is 38.4 Å². The van der Waals surface area contributed by atoms with Gasteiger partial charge >= 0.3 is 0 Å². The van der Waals surface area contributed by atoms with Crippen molar-refractivity contribution < 1.29 is 9.59 Å². The third-order valence-corrected chi connectivity index (χ3v) is 4.59. The van der Waals surface area contributed by atoms with E-state index in [9.17, 15) is 9.59 Å². The van der Waals surface area contributed by atoms with Crippen molar-refractivity contribution in [2.24, 2.45) is 0 Å². The molecule has 0 aliphatic carbocycles. The second-order valence-electron chi connectivity index (χ2n) is 6.67. The molecule has 2 amide bonds. The average Bonchev–Trinajstić information content (AvgIpc) is 2.71. The van der Waals surface area contributed by atoms with Crippen LogP contribution in [0.15, 0.2) is 36.4 Å². The van der Waals surface area contributed by atoms with Gasteiger partial charge in [-0.05, 0) is 31.4 Å². The summed E-state index contributed by atoms with van der Waals surface area (Å²) in [5.41, 5.74) is 2.41. The normalized spacial score (nSPS) is 14.1. The number of carbonyl (C=O) groups is 2. The number of aromatic nitrogens is 2. The Hall–Kier alpha value is -2.96. The van der Waals surface area contributed by atoms with E-state index in [1.54, 1.807) is 11.0 Å². The Bertz CT molecular complexity index is 773. The summed E-state index contributed by atoms with van der Waals surface area (Å²) < 4.78 is 0. The van der Waals surface area contributed by atoms with Gasteiger partial charge in [-0.3, -0.25) is 9.59 Å². The van der Waals surface area contributed by atoms with E-state index in [-0.39, 0.29) is 5.91 Å². The first-order chi connectivity index (χ1) is 13.2. The first-order valence-corrected chi connectivity index (χ1v) is 9.28. The van der Waals surface area contributed by atoms with Crippen LogP contribution >= 0.6 is 0 Å². The Morgan fingerprint density at radius 3 is 2.59 bits per heavy atom. The lowest BCUT2D eigenvalue weighted by Gasteiger charge is -2.32. The second kappa shape index (κ2) is 9.12. The van der Waals surface area contributed by atoms with Gasteiger partial charge in [0.2, 0.25) is 12.4 Å². The van der Waals surface area contributed by atoms with Crippen molar-refractivity contribution >= 4 is 18.3 Å². The monoisotopic (exact) mass is 367 g/mol. The lowest BCUT2D eigenvalue weighted by Crippen LogP contribution is -2.46. The van der Waals surface area contributed by atoms with Crippen molar-refractivity contribution in [3.05, 3.63) is 53.3 Å². The van der Waals surface area contributed by atoms with Gasteiger partial charge in [0.15, 0.2) is 0 Å². The highest BCUT2D eigenvalue weighted by atomic mass is 16.2. The molecular formula is C20H25N5O2. The minimum absolute atomic E-state index is 0.179. The maximum absolute atomic E-state index is 12.5. The highest BCUT2D eigenvalue weighted by molar-refractivity contribution is 5.92. The highest BCUT2D eigenvalue weighted by Gasteiger charge is 2.19. The Morgan fingerprint density at radius 1 is 1.15 bits per heavy atom. The van der Waals surface area contributed by atoms with Gasteiger partial charge in [-0.15, -0.1) is 0 Å². The maximum atomic E-state index is 12.5. The number of carbonyl (C=O) groups excluding carboxylic acids is 2. The van der Waals surface area contributed by atoms with Crippen LogP contribution in [-0.4, -0.2) is 59.9 Å². The van der Waals surface area contributed by atoms with Gasteiger partial charge in [-0.2, -0.15) is 0 Å². The van der Waals surface area contributed by atoms with Crippen LogP contribution < -0.4 is 10.2 Å². The standard InChI is InChI=1S/C20H25N5O2/c1-16-14-18(19(27)21-9-5-8-17-6-3-2-4-7-17)23-20(22-16)25-12-10-24(15-26)11-13-25/h2-4,6-7,14-15H,5,8-13H2,1H3,(H,21,27). The van der Waals surface area contributed by atoms with Crippen molar-refractivity contribution in [3.63, 3.8) is 0 Å². The molecule has 27 heavy (non-hydrogen) atoms. The van der Waals surface area contributed by atoms with Gasteiger partial charge in [-0.1, -0.05) is 30.3 Å². The number of rotatable bonds is 7.